The summed E-state index contributed by atoms with van der Waals surface area (Å²) in [6, 6.07) is 10.4. The van der Waals surface area contributed by atoms with Crippen LogP contribution in [0.15, 0.2) is 42.7 Å². The van der Waals surface area contributed by atoms with Gasteiger partial charge in [-0.3, -0.25) is 4.90 Å². The number of aromatic nitrogens is 2. The Morgan fingerprint density at radius 3 is 2.41 bits per heavy atom. The standard InChI is InChI=1S/C23H29F2N3O/c24-23(25)8-6-19(7-9-23)27-14-17-12-20(21(29)13-18(17)15-27)28-11-10-26-22(28)16-4-2-1-3-5-16/h1-5,10-11,17-21,29H,6-9,12-15H2/t17-,18+,20-,21-/m0/s1. The van der Waals surface area contributed by atoms with Gasteiger partial charge in [-0.05, 0) is 37.5 Å². The number of hydrogen-bond donors (Lipinski definition) is 1. The van der Waals surface area contributed by atoms with Crippen molar-refractivity contribution in [3.05, 3.63) is 42.7 Å². The van der Waals surface area contributed by atoms with Gasteiger partial charge in [0.1, 0.15) is 5.82 Å². The number of hydrogen-bond acceptors (Lipinski definition) is 3. The Hall–Kier alpha value is -1.79. The number of rotatable bonds is 3. The third-order valence-corrected chi connectivity index (χ3v) is 7.40. The molecule has 1 saturated heterocycles. The van der Waals surface area contributed by atoms with Crippen LogP contribution in [-0.4, -0.2) is 50.7 Å². The van der Waals surface area contributed by atoms with Gasteiger partial charge in [-0.15, -0.1) is 0 Å². The number of halogens is 2. The molecule has 1 aliphatic heterocycles. The fraction of sp³-hybridized carbons (Fsp3) is 0.609. The van der Waals surface area contributed by atoms with Crippen molar-refractivity contribution in [3.63, 3.8) is 0 Å². The zero-order valence-electron chi connectivity index (χ0n) is 16.6. The third kappa shape index (κ3) is 3.73. The fourth-order valence-electron chi connectivity index (χ4n) is 5.82. The second kappa shape index (κ2) is 7.47. The van der Waals surface area contributed by atoms with Crippen LogP contribution in [0.3, 0.4) is 0 Å². The summed E-state index contributed by atoms with van der Waals surface area (Å²) in [5.41, 5.74) is 1.06. The highest BCUT2D eigenvalue weighted by molar-refractivity contribution is 5.55. The van der Waals surface area contributed by atoms with Crippen LogP contribution in [-0.2, 0) is 0 Å². The average Bonchev–Trinajstić information content (AvgIpc) is 3.34. The number of fused-ring (bicyclic) bond motifs is 1. The van der Waals surface area contributed by atoms with Crippen LogP contribution in [0, 0.1) is 11.8 Å². The number of aliphatic hydroxyl groups excluding tert-OH is 1. The zero-order valence-corrected chi connectivity index (χ0v) is 16.6. The maximum absolute atomic E-state index is 13.5. The van der Waals surface area contributed by atoms with Crippen molar-refractivity contribution < 1.29 is 13.9 Å². The van der Waals surface area contributed by atoms with Crippen LogP contribution in [0.2, 0.25) is 0 Å². The average molecular weight is 402 g/mol. The van der Waals surface area contributed by atoms with Crippen LogP contribution in [0.4, 0.5) is 8.78 Å². The molecule has 4 nitrogen and oxygen atoms in total. The van der Waals surface area contributed by atoms with Gasteiger partial charge in [-0.25, -0.2) is 13.8 Å². The Kier molecular flexibility index (Phi) is 4.95. The van der Waals surface area contributed by atoms with E-state index in [1.54, 1.807) is 0 Å². The maximum Gasteiger partial charge on any atom is 0.248 e. The first-order valence-corrected chi connectivity index (χ1v) is 10.9. The second-order valence-electron chi connectivity index (χ2n) is 9.19. The smallest absolute Gasteiger partial charge is 0.248 e. The number of imidazole rings is 1. The molecule has 2 saturated carbocycles. The molecule has 2 aliphatic carbocycles. The number of likely N-dealkylation sites (tertiary alicyclic amines) is 1. The SMILES string of the molecule is O[C@H]1C[C@@H]2CN(C3CCC(F)(F)CC3)C[C@@H]2C[C@@H]1n1ccnc1-c1ccccc1. The Labute approximate surface area is 170 Å². The van der Waals surface area contributed by atoms with Crippen molar-refractivity contribution in [2.45, 2.75) is 62.6 Å². The monoisotopic (exact) mass is 401 g/mol. The molecule has 5 rings (SSSR count). The lowest BCUT2D eigenvalue weighted by Crippen LogP contribution is -2.39. The first-order chi connectivity index (χ1) is 14.0. The second-order valence-corrected chi connectivity index (χ2v) is 9.19. The molecule has 1 N–H and O–H groups in total. The quantitative estimate of drug-likeness (QED) is 0.830. The summed E-state index contributed by atoms with van der Waals surface area (Å²) in [6.07, 6.45) is 6.31. The van der Waals surface area contributed by atoms with Gasteiger partial charge in [-0.1, -0.05) is 30.3 Å². The molecule has 3 aliphatic rings. The highest BCUT2D eigenvalue weighted by atomic mass is 19.3. The van der Waals surface area contributed by atoms with Crippen molar-refractivity contribution in [3.8, 4) is 11.4 Å². The van der Waals surface area contributed by atoms with E-state index in [0.29, 0.717) is 24.7 Å². The van der Waals surface area contributed by atoms with E-state index in [1.807, 2.05) is 42.7 Å². The van der Waals surface area contributed by atoms with Gasteiger partial charge in [0.05, 0.1) is 12.1 Å². The highest BCUT2D eigenvalue weighted by Crippen LogP contribution is 2.45. The van der Waals surface area contributed by atoms with Gasteiger partial charge in [0.2, 0.25) is 5.92 Å². The van der Waals surface area contributed by atoms with E-state index in [-0.39, 0.29) is 24.9 Å². The van der Waals surface area contributed by atoms with Gasteiger partial charge < -0.3 is 9.67 Å². The van der Waals surface area contributed by atoms with Gasteiger partial charge >= 0.3 is 0 Å². The van der Waals surface area contributed by atoms with Crippen molar-refractivity contribution in [1.29, 1.82) is 0 Å². The lowest BCUT2D eigenvalue weighted by molar-refractivity contribution is -0.0520. The van der Waals surface area contributed by atoms with Crippen LogP contribution in [0.5, 0.6) is 0 Å². The van der Waals surface area contributed by atoms with Crippen molar-refractivity contribution >= 4 is 0 Å². The lowest BCUT2D eigenvalue weighted by Gasteiger charge is -2.36. The molecule has 3 fully saturated rings. The van der Waals surface area contributed by atoms with E-state index >= 15 is 0 Å². The molecule has 0 spiro atoms. The lowest BCUT2D eigenvalue weighted by atomic mass is 9.77. The molecule has 0 radical (unpaired) electrons. The van der Waals surface area contributed by atoms with Gasteiger partial charge in [0.15, 0.2) is 0 Å². The Morgan fingerprint density at radius 1 is 1.00 bits per heavy atom. The van der Waals surface area contributed by atoms with Crippen molar-refractivity contribution in [1.82, 2.24) is 14.5 Å². The van der Waals surface area contributed by atoms with Gasteiger partial charge in [0.25, 0.3) is 0 Å². The minimum atomic E-state index is -2.47. The molecular formula is C23H29F2N3O. The summed E-state index contributed by atoms with van der Waals surface area (Å²) >= 11 is 0. The summed E-state index contributed by atoms with van der Waals surface area (Å²) in [5.74, 6) is -0.596. The summed E-state index contributed by atoms with van der Waals surface area (Å²) in [6.45, 7) is 1.92. The van der Waals surface area contributed by atoms with Gasteiger partial charge in [-0.2, -0.15) is 0 Å². The minimum Gasteiger partial charge on any atom is -0.391 e. The molecular weight excluding hydrogens is 372 g/mol. The number of nitrogens with zero attached hydrogens (tertiary/aromatic N) is 3. The molecule has 0 amide bonds. The summed E-state index contributed by atoms with van der Waals surface area (Å²) < 4.78 is 29.2. The molecule has 0 bridgehead atoms. The number of benzene rings is 1. The van der Waals surface area contributed by atoms with Crippen LogP contribution >= 0.6 is 0 Å². The van der Waals surface area contributed by atoms with Crippen LogP contribution < -0.4 is 0 Å². The molecule has 0 unspecified atom stereocenters. The number of aliphatic hydroxyl groups is 1. The molecule has 156 valence electrons. The molecule has 2 aromatic rings. The first kappa shape index (κ1) is 19.2. The van der Waals surface area contributed by atoms with E-state index in [0.717, 1.165) is 37.3 Å². The molecule has 4 atom stereocenters. The van der Waals surface area contributed by atoms with Crippen molar-refractivity contribution in [2.75, 3.05) is 13.1 Å². The summed E-state index contributed by atoms with van der Waals surface area (Å²) in [5, 5.41) is 11.0. The predicted molar refractivity (Wildman–Crippen MR) is 108 cm³/mol. The predicted octanol–water partition coefficient (Wildman–Crippen LogP) is 4.37. The normalized spacial score (nSPS) is 32.9. The van der Waals surface area contributed by atoms with E-state index in [1.165, 1.54) is 0 Å². The first-order valence-electron chi connectivity index (χ1n) is 10.9. The van der Waals surface area contributed by atoms with Crippen LogP contribution in [0.25, 0.3) is 11.4 Å². The largest absolute Gasteiger partial charge is 0.391 e. The van der Waals surface area contributed by atoms with E-state index in [4.69, 9.17) is 0 Å². The third-order valence-electron chi connectivity index (χ3n) is 7.40. The highest BCUT2D eigenvalue weighted by Gasteiger charge is 2.46. The summed E-state index contributed by atoms with van der Waals surface area (Å²) in [7, 11) is 0. The van der Waals surface area contributed by atoms with E-state index in [2.05, 4.69) is 14.5 Å². The molecule has 29 heavy (non-hydrogen) atoms. The summed E-state index contributed by atoms with van der Waals surface area (Å²) in [4.78, 5) is 6.99. The topological polar surface area (TPSA) is 41.3 Å². The van der Waals surface area contributed by atoms with Crippen molar-refractivity contribution in [2.24, 2.45) is 11.8 Å². The Balaban J connectivity index is 1.30. The zero-order chi connectivity index (χ0) is 20.0. The fourth-order valence-corrected chi connectivity index (χ4v) is 5.82. The molecule has 2 heterocycles. The molecule has 6 heteroatoms. The number of alkyl halides is 2. The maximum atomic E-state index is 13.5. The van der Waals surface area contributed by atoms with E-state index in [9.17, 15) is 13.9 Å². The molecule has 1 aromatic carbocycles. The Bertz CT molecular complexity index is 830. The Morgan fingerprint density at radius 2 is 1.69 bits per heavy atom. The molecule has 1 aromatic heterocycles. The van der Waals surface area contributed by atoms with Crippen LogP contribution in [0.1, 0.15) is 44.6 Å². The van der Waals surface area contributed by atoms with E-state index < -0.39 is 12.0 Å². The minimum absolute atomic E-state index is 0.0181. The van der Waals surface area contributed by atoms with Gasteiger partial charge in [0, 0.05) is 49.9 Å².